The van der Waals surface area contributed by atoms with E-state index in [-0.39, 0.29) is 11.6 Å². The molecule has 0 aliphatic carbocycles. The first-order chi connectivity index (χ1) is 9.82. The standard InChI is InChI=1S/C16H17FN2O2/c1-9(2)19-8-13(16(18)21)15(20)14(10(19)3)11-5-4-6-12(17)7-11/h4-9H,1-3H3,(H2,18,21). The van der Waals surface area contributed by atoms with Crippen molar-refractivity contribution in [2.24, 2.45) is 5.73 Å². The number of halogens is 1. The number of amides is 1. The Bertz CT molecular complexity index is 763. The van der Waals surface area contributed by atoms with E-state index in [9.17, 15) is 14.0 Å². The van der Waals surface area contributed by atoms with E-state index in [2.05, 4.69) is 0 Å². The second kappa shape index (κ2) is 5.52. The smallest absolute Gasteiger partial charge is 0.254 e. The third kappa shape index (κ3) is 2.72. The van der Waals surface area contributed by atoms with Gasteiger partial charge >= 0.3 is 0 Å². The van der Waals surface area contributed by atoms with Gasteiger partial charge in [-0.1, -0.05) is 12.1 Å². The lowest BCUT2D eigenvalue weighted by Crippen LogP contribution is -2.27. The fourth-order valence-electron chi connectivity index (χ4n) is 2.42. The van der Waals surface area contributed by atoms with E-state index in [1.54, 1.807) is 17.6 Å². The first-order valence-corrected chi connectivity index (χ1v) is 6.64. The van der Waals surface area contributed by atoms with E-state index < -0.39 is 17.2 Å². The predicted molar refractivity (Wildman–Crippen MR) is 79.7 cm³/mol. The Labute approximate surface area is 122 Å². The number of hydrogen-bond acceptors (Lipinski definition) is 2. The molecular formula is C16H17FN2O2. The molecule has 0 radical (unpaired) electrons. The Hall–Kier alpha value is -2.43. The molecule has 0 spiro atoms. The highest BCUT2D eigenvalue weighted by atomic mass is 19.1. The van der Waals surface area contributed by atoms with E-state index in [0.29, 0.717) is 16.8 Å². The SMILES string of the molecule is Cc1c(-c2cccc(F)c2)c(=O)c(C(N)=O)cn1C(C)C. The Morgan fingerprint density at radius 2 is 2.00 bits per heavy atom. The maximum atomic E-state index is 13.4. The van der Waals surface area contributed by atoms with Crippen LogP contribution in [0.1, 0.15) is 35.9 Å². The molecule has 21 heavy (non-hydrogen) atoms. The first-order valence-electron chi connectivity index (χ1n) is 6.64. The van der Waals surface area contributed by atoms with Crippen LogP contribution in [0.2, 0.25) is 0 Å². The van der Waals surface area contributed by atoms with Gasteiger partial charge in [-0.15, -0.1) is 0 Å². The van der Waals surface area contributed by atoms with Crippen molar-refractivity contribution in [3.63, 3.8) is 0 Å². The fraction of sp³-hybridized carbons (Fsp3) is 0.250. The molecule has 5 heteroatoms. The largest absolute Gasteiger partial charge is 0.365 e. The predicted octanol–water partition coefficient (Wildman–Crippen LogP) is 2.64. The van der Waals surface area contributed by atoms with E-state index in [4.69, 9.17) is 5.73 Å². The van der Waals surface area contributed by atoms with Crippen molar-refractivity contribution in [1.82, 2.24) is 4.57 Å². The molecule has 0 atom stereocenters. The van der Waals surface area contributed by atoms with Crippen molar-refractivity contribution in [3.05, 3.63) is 57.8 Å². The van der Waals surface area contributed by atoms with Crippen LogP contribution in [-0.4, -0.2) is 10.5 Å². The minimum absolute atomic E-state index is 0.0380. The highest BCUT2D eigenvalue weighted by Gasteiger charge is 2.18. The average molecular weight is 288 g/mol. The lowest BCUT2D eigenvalue weighted by atomic mass is 10.0. The fourth-order valence-corrected chi connectivity index (χ4v) is 2.42. The van der Waals surface area contributed by atoms with Gasteiger partial charge in [0.15, 0.2) is 0 Å². The summed E-state index contributed by atoms with van der Waals surface area (Å²) in [6, 6.07) is 5.79. The Morgan fingerprint density at radius 3 is 2.52 bits per heavy atom. The quantitative estimate of drug-likeness (QED) is 0.943. The minimum Gasteiger partial charge on any atom is -0.365 e. The zero-order valence-corrected chi connectivity index (χ0v) is 12.2. The van der Waals surface area contributed by atoms with Crippen molar-refractivity contribution in [2.75, 3.05) is 0 Å². The number of carbonyl (C=O) groups is 1. The normalized spacial score (nSPS) is 10.9. The maximum Gasteiger partial charge on any atom is 0.254 e. The molecule has 2 N–H and O–H groups in total. The maximum absolute atomic E-state index is 13.4. The number of nitrogens with zero attached hydrogens (tertiary/aromatic N) is 1. The molecule has 2 aromatic rings. The summed E-state index contributed by atoms with van der Waals surface area (Å²) in [5, 5.41) is 0. The first kappa shape index (κ1) is 15.0. The molecular weight excluding hydrogens is 271 g/mol. The van der Waals surface area contributed by atoms with Crippen molar-refractivity contribution in [2.45, 2.75) is 26.8 Å². The molecule has 0 fully saturated rings. The average Bonchev–Trinajstić information content (AvgIpc) is 2.38. The number of benzene rings is 1. The summed E-state index contributed by atoms with van der Waals surface area (Å²) >= 11 is 0. The second-order valence-corrected chi connectivity index (χ2v) is 5.21. The van der Waals surface area contributed by atoms with Crippen LogP contribution in [0, 0.1) is 12.7 Å². The molecule has 0 saturated heterocycles. The molecule has 2 rings (SSSR count). The van der Waals surface area contributed by atoms with Gasteiger partial charge in [0.25, 0.3) is 5.91 Å². The number of primary amides is 1. The number of carbonyl (C=O) groups excluding carboxylic acids is 1. The van der Waals surface area contributed by atoms with Crippen LogP contribution in [0.4, 0.5) is 4.39 Å². The van der Waals surface area contributed by atoms with Gasteiger partial charge < -0.3 is 10.3 Å². The van der Waals surface area contributed by atoms with Crippen molar-refractivity contribution < 1.29 is 9.18 Å². The number of pyridine rings is 1. The molecule has 4 nitrogen and oxygen atoms in total. The van der Waals surface area contributed by atoms with Crippen LogP contribution in [0.5, 0.6) is 0 Å². The third-order valence-corrected chi connectivity index (χ3v) is 3.42. The third-order valence-electron chi connectivity index (χ3n) is 3.42. The van der Waals surface area contributed by atoms with E-state index in [1.165, 1.54) is 24.4 Å². The summed E-state index contributed by atoms with van der Waals surface area (Å²) in [5.41, 5.74) is 6.14. The monoisotopic (exact) mass is 288 g/mol. The van der Waals surface area contributed by atoms with E-state index >= 15 is 0 Å². The topological polar surface area (TPSA) is 65.1 Å². The van der Waals surface area contributed by atoms with Crippen molar-refractivity contribution in [1.29, 1.82) is 0 Å². The van der Waals surface area contributed by atoms with Gasteiger partial charge in [-0.05, 0) is 38.5 Å². The van der Waals surface area contributed by atoms with Gasteiger partial charge in [-0.25, -0.2) is 4.39 Å². The van der Waals surface area contributed by atoms with E-state index in [0.717, 1.165) is 0 Å². The summed E-state index contributed by atoms with van der Waals surface area (Å²) in [6.45, 7) is 5.63. The van der Waals surface area contributed by atoms with Gasteiger partial charge in [-0.2, -0.15) is 0 Å². The molecule has 1 amide bonds. The molecule has 0 bridgehead atoms. The molecule has 0 unspecified atom stereocenters. The van der Waals surface area contributed by atoms with Crippen LogP contribution >= 0.6 is 0 Å². The molecule has 1 heterocycles. The zero-order chi connectivity index (χ0) is 15.7. The number of aromatic nitrogens is 1. The molecule has 1 aromatic carbocycles. The lowest BCUT2D eigenvalue weighted by Gasteiger charge is -2.19. The summed E-state index contributed by atoms with van der Waals surface area (Å²) in [6.07, 6.45) is 1.47. The Kier molecular flexibility index (Phi) is 3.93. The number of rotatable bonds is 3. The van der Waals surface area contributed by atoms with Crippen molar-refractivity contribution in [3.8, 4) is 11.1 Å². The van der Waals surface area contributed by atoms with Crippen LogP contribution in [0.15, 0.2) is 35.3 Å². The van der Waals surface area contributed by atoms with Crippen LogP contribution < -0.4 is 11.2 Å². The highest BCUT2D eigenvalue weighted by molar-refractivity contribution is 5.93. The van der Waals surface area contributed by atoms with Crippen LogP contribution in [0.3, 0.4) is 0 Å². The number of nitrogens with two attached hydrogens (primary N) is 1. The molecule has 1 aromatic heterocycles. The Balaban J connectivity index is 2.87. The van der Waals surface area contributed by atoms with Gasteiger partial charge in [-0.3, -0.25) is 9.59 Å². The summed E-state index contributed by atoms with van der Waals surface area (Å²) in [4.78, 5) is 24.0. The van der Waals surface area contributed by atoms with Gasteiger partial charge in [0.2, 0.25) is 5.43 Å². The summed E-state index contributed by atoms with van der Waals surface area (Å²) < 4.78 is 15.2. The molecule has 0 aliphatic heterocycles. The summed E-state index contributed by atoms with van der Waals surface area (Å²) in [5.74, 6) is -1.22. The Morgan fingerprint density at radius 1 is 1.33 bits per heavy atom. The minimum atomic E-state index is -0.785. The number of hydrogen-bond donors (Lipinski definition) is 1. The van der Waals surface area contributed by atoms with E-state index in [1.807, 2.05) is 13.8 Å². The molecule has 0 aliphatic rings. The van der Waals surface area contributed by atoms with Crippen molar-refractivity contribution >= 4 is 5.91 Å². The molecule has 110 valence electrons. The summed E-state index contributed by atoms with van der Waals surface area (Å²) in [7, 11) is 0. The van der Waals surface area contributed by atoms with Crippen LogP contribution in [0.25, 0.3) is 11.1 Å². The highest BCUT2D eigenvalue weighted by Crippen LogP contribution is 2.23. The lowest BCUT2D eigenvalue weighted by molar-refractivity contribution is 0.0998. The van der Waals surface area contributed by atoms with Gasteiger partial charge in [0.05, 0.1) is 0 Å². The zero-order valence-electron chi connectivity index (χ0n) is 12.2. The molecule has 0 saturated carbocycles. The second-order valence-electron chi connectivity index (χ2n) is 5.21. The van der Waals surface area contributed by atoms with Crippen LogP contribution in [-0.2, 0) is 0 Å². The van der Waals surface area contributed by atoms with Gasteiger partial charge in [0, 0.05) is 23.5 Å². The van der Waals surface area contributed by atoms with Gasteiger partial charge in [0.1, 0.15) is 11.4 Å².